The third-order valence-electron chi connectivity index (χ3n) is 7.61. The lowest BCUT2D eigenvalue weighted by Gasteiger charge is -2.12. The van der Waals surface area contributed by atoms with Crippen LogP contribution in [0.2, 0.25) is 0 Å². The largest absolute Gasteiger partial charge is 0.309 e. The van der Waals surface area contributed by atoms with Gasteiger partial charge in [-0.15, -0.1) is 0 Å². The van der Waals surface area contributed by atoms with E-state index in [9.17, 15) is 0 Å². The molecule has 0 spiro atoms. The van der Waals surface area contributed by atoms with Gasteiger partial charge in [0.05, 0.1) is 22.1 Å². The molecule has 0 aliphatic rings. The topological polar surface area (TPSA) is 9.86 Å². The first kappa shape index (κ1) is 22.2. The van der Waals surface area contributed by atoms with Gasteiger partial charge >= 0.3 is 0 Å². The van der Waals surface area contributed by atoms with E-state index in [-0.39, 0.29) is 0 Å². The molecule has 0 saturated carbocycles. The Hall–Kier alpha value is -3.86. The van der Waals surface area contributed by atoms with Gasteiger partial charge in [0, 0.05) is 52.6 Å². The summed E-state index contributed by atoms with van der Waals surface area (Å²) in [5.41, 5.74) is 7.08. The van der Waals surface area contributed by atoms with Crippen molar-refractivity contribution < 1.29 is 0 Å². The number of hydrogen-bond donors (Lipinski definition) is 0. The molecule has 0 amide bonds. The number of rotatable bonds is 2. The molecule has 0 aliphatic heterocycles. The Morgan fingerprint density at radius 2 is 0.737 bits per heavy atom. The maximum absolute atomic E-state index is 4.05. The predicted molar refractivity (Wildman–Crippen MR) is 168 cm³/mol. The van der Waals surface area contributed by atoms with Gasteiger partial charge < -0.3 is 9.13 Å². The predicted octanol–water partition coefficient (Wildman–Crippen LogP) is 10.6. The SMILES string of the molecule is Brc1cc2c(c3ccccc3n2-c2ccccc2)c2c(Br)cc3c(c4ccccc4n3-c3ccccc3)c12. The van der Waals surface area contributed by atoms with Crippen molar-refractivity contribution in [3.63, 3.8) is 0 Å². The summed E-state index contributed by atoms with van der Waals surface area (Å²) in [7, 11) is 0. The van der Waals surface area contributed by atoms with Crippen LogP contribution in [-0.4, -0.2) is 9.13 Å². The van der Waals surface area contributed by atoms with Crippen LogP contribution < -0.4 is 0 Å². The third-order valence-corrected chi connectivity index (χ3v) is 8.86. The van der Waals surface area contributed by atoms with Crippen molar-refractivity contribution in [3.8, 4) is 11.4 Å². The van der Waals surface area contributed by atoms with E-state index in [2.05, 4.69) is 162 Å². The fraction of sp³-hybridized carbons (Fsp3) is 0. The summed E-state index contributed by atoms with van der Waals surface area (Å²) in [5.74, 6) is 0. The quantitative estimate of drug-likeness (QED) is 0.183. The summed E-state index contributed by atoms with van der Waals surface area (Å²) in [4.78, 5) is 0. The summed E-state index contributed by atoms with van der Waals surface area (Å²) >= 11 is 8.09. The summed E-state index contributed by atoms with van der Waals surface area (Å²) in [5, 5.41) is 7.46. The van der Waals surface area contributed by atoms with Gasteiger partial charge in [0.2, 0.25) is 0 Å². The zero-order chi connectivity index (χ0) is 25.4. The zero-order valence-electron chi connectivity index (χ0n) is 20.2. The molecule has 180 valence electrons. The van der Waals surface area contributed by atoms with Gasteiger partial charge in [-0.05, 0) is 48.5 Å². The van der Waals surface area contributed by atoms with E-state index in [1.54, 1.807) is 0 Å². The fourth-order valence-corrected chi connectivity index (χ4v) is 7.37. The van der Waals surface area contributed by atoms with Crippen LogP contribution >= 0.6 is 31.9 Å². The van der Waals surface area contributed by atoms with Crippen molar-refractivity contribution in [2.75, 3.05) is 0 Å². The van der Waals surface area contributed by atoms with Gasteiger partial charge in [0.25, 0.3) is 0 Å². The van der Waals surface area contributed by atoms with Gasteiger partial charge in [-0.2, -0.15) is 0 Å². The highest BCUT2D eigenvalue weighted by molar-refractivity contribution is 9.11. The normalized spacial score (nSPS) is 11.9. The maximum atomic E-state index is 4.05. The zero-order valence-corrected chi connectivity index (χ0v) is 23.4. The number of benzene rings is 6. The molecule has 2 heterocycles. The molecular formula is C34H20Br2N2. The molecule has 0 fully saturated rings. The Balaban J connectivity index is 1.64. The van der Waals surface area contributed by atoms with E-state index in [4.69, 9.17) is 0 Å². The molecule has 8 rings (SSSR count). The molecule has 0 atom stereocenters. The van der Waals surface area contributed by atoms with E-state index in [0.29, 0.717) is 0 Å². The average Bonchev–Trinajstić information content (AvgIpc) is 3.46. The Morgan fingerprint density at radius 1 is 0.368 bits per heavy atom. The summed E-state index contributed by atoms with van der Waals surface area (Å²) in [6.45, 7) is 0. The van der Waals surface area contributed by atoms with E-state index < -0.39 is 0 Å². The molecule has 0 N–H and O–H groups in total. The molecule has 0 aliphatic carbocycles. The maximum Gasteiger partial charge on any atom is 0.0559 e. The van der Waals surface area contributed by atoms with E-state index in [1.807, 2.05) is 0 Å². The minimum absolute atomic E-state index is 1.09. The van der Waals surface area contributed by atoms with Crippen molar-refractivity contribution in [2.45, 2.75) is 0 Å². The first-order valence-corrected chi connectivity index (χ1v) is 14.2. The van der Waals surface area contributed by atoms with Crippen LogP contribution in [0.4, 0.5) is 0 Å². The highest BCUT2D eigenvalue weighted by Gasteiger charge is 2.23. The molecule has 0 bridgehead atoms. The summed E-state index contributed by atoms with van der Waals surface area (Å²) < 4.78 is 6.92. The van der Waals surface area contributed by atoms with E-state index in [0.717, 1.165) is 20.3 Å². The van der Waals surface area contributed by atoms with Gasteiger partial charge in [-0.1, -0.05) is 105 Å². The molecule has 8 aromatic rings. The molecule has 6 aromatic carbocycles. The monoisotopic (exact) mass is 614 g/mol. The molecular weight excluding hydrogens is 596 g/mol. The van der Waals surface area contributed by atoms with Crippen molar-refractivity contribution in [1.82, 2.24) is 9.13 Å². The van der Waals surface area contributed by atoms with Crippen molar-refractivity contribution in [2.24, 2.45) is 0 Å². The van der Waals surface area contributed by atoms with Crippen molar-refractivity contribution in [1.29, 1.82) is 0 Å². The number of halogens is 2. The Bertz CT molecular complexity index is 2030. The van der Waals surface area contributed by atoms with Crippen LogP contribution in [0.5, 0.6) is 0 Å². The first-order chi connectivity index (χ1) is 18.7. The van der Waals surface area contributed by atoms with Crippen LogP contribution in [0, 0.1) is 0 Å². The molecule has 38 heavy (non-hydrogen) atoms. The van der Waals surface area contributed by atoms with E-state index >= 15 is 0 Å². The Morgan fingerprint density at radius 3 is 1.16 bits per heavy atom. The lowest BCUT2D eigenvalue weighted by atomic mass is 9.99. The first-order valence-electron chi connectivity index (χ1n) is 12.6. The molecule has 4 heteroatoms. The van der Waals surface area contributed by atoms with Crippen LogP contribution in [0.1, 0.15) is 0 Å². The number of fused-ring (bicyclic) bond motifs is 9. The molecule has 0 saturated heterocycles. The van der Waals surface area contributed by atoms with Crippen LogP contribution in [0.15, 0.2) is 130 Å². The molecule has 2 nitrogen and oxygen atoms in total. The lowest BCUT2D eigenvalue weighted by molar-refractivity contribution is 1.18. The summed E-state index contributed by atoms with van der Waals surface area (Å²) in [6, 6.07) is 43.3. The molecule has 0 unspecified atom stereocenters. The Labute approximate surface area is 236 Å². The van der Waals surface area contributed by atoms with E-state index in [1.165, 1.54) is 54.4 Å². The van der Waals surface area contributed by atoms with Gasteiger partial charge in [-0.25, -0.2) is 0 Å². The summed E-state index contributed by atoms with van der Waals surface area (Å²) in [6.07, 6.45) is 0. The number of aromatic nitrogens is 2. The third kappa shape index (κ3) is 2.99. The second-order valence-electron chi connectivity index (χ2n) is 9.63. The Kier molecular flexibility index (Phi) is 4.85. The highest BCUT2D eigenvalue weighted by atomic mass is 79.9. The van der Waals surface area contributed by atoms with Gasteiger partial charge in [0.15, 0.2) is 0 Å². The standard InChI is InChI=1S/C34H20Br2N2/c35-25-19-29-31(23-15-7-9-17-27(23)37(29)21-11-3-1-4-12-21)33-26(36)20-30-32(34(25)33)24-16-8-10-18-28(24)38(30)22-13-5-2-6-14-22/h1-20H. The lowest BCUT2D eigenvalue weighted by Crippen LogP contribution is -1.94. The average molecular weight is 616 g/mol. The van der Waals surface area contributed by atoms with Crippen LogP contribution in [0.3, 0.4) is 0 Å². The second kappa shape index (κ2) is 8.32. The van der Waals surface area contributed by atoms with Crippen molar-refractivity contribution >= 4 is 86.2 Å². The fourth-order valence-electron chi connectivity index (χ4n) is 6.14. The number of para-hydroxylation sites is 4. The number of hydrogen-bond acceptors (Lipinski definition) is 0. The number of nitrogens with zero attached hydrogens (tertiary/aromatic N) is 2. The molecule has 2 aromatic heterocycles. The minimum Gasteiger partial charge on any atom is -0.309 e. The smallest absolute Gasteiger partial charge is 0.0559 e. The highest BCUT2D eigenvalue weighted by Crippen LogP contribution is 2.48. The van der Waals surface area contributed by atoms with Crippen LogP contribution in [-0.2, 0) is 0 Å². The molecule has 0 radical (unpaired) electrons. The second-order valence-corrected chi connectivity index (χ2v) is 11.3. The van der Waals surface area contributed by atoms with Crippen LogP contribution in [0.25, 0.3) is 65.8 Å². The van der Waals surface area contributed by atoms with Gasteiger partial charge in [0.1, 0.15) is 0 Å². The van der Waals surface area contributed by atoms with Gasteiger partial charge in [-0.3, -0.25) is 0 Å². The minimum atomic E-state index is 1.09. The van der Waals surface area contributed by atoms with Crippen molar-refractivity contribution in [3.05, 3.63) is 130 Å².